The third-order valence-corrected chi connectivity index (χ3v) is 6.71. The summed E-state index contributed by atoms with van der Waals surface area (Å²) < 4.78 is 0. The van der Waals surface area contributed by atoms with Crippen molar-refractivity contribution in [2.75, 3.05) is 0 Å². The highest BCUT2D eigenvalue weighted by atomic mass is 32.2. The number of benzene rings is 2. The molecule has 0 amide bonds. The highest BCUT2D eigenvalue weighted by molar-refractivity contribution is 8.05. The summed E-state index contributed by atoms with van der Waals surface area (Å²) >= 11 is 1.80. The molecule has 1 nitrogen and oxygen atoms in total. The van der Waals surface area contributed by atoms with Crippen LogP contribution in [0.4, 0.5) is 0 Å². The topological polar surface area (TPSA) is 23.1 Å². The summed E-state index contributed by atoms with van der Waals surface area (Å²) in [6.45, 7) is 2.05. The van der Waals surface area contributed by atoms with E-state index >= 15 is 0 Å². The lowest BCUT2D eigenvalue weighted by molar-refractivity contribution is -0.306. The summed E-state index contributed by atoms with van der Waals surface area (Å²) in [4.78, 5) is 5.10. The number of hydrogen-bond acceptors (Lipinski definition) is 2. The van der Waals surface area contributed by atoms with Crippen LogP contribution in [0, 0.1) is 0 Å². The Kier molecular flexibility index (Phi) is 4.08. The lowest BCUT2D eigenvalue weighted by Crippen LogP contribution is -2.12. The minimum Gasteiger partial charge on any atom is -0.872 e. The Morgan fingerprint density at radius 3 is 2.15 bits per heavy atom. The summed E-state index contributed by atoms with van der Waals surface area (Å²) in [7, 11) is -0.221. The molecule has 0 atom stereocenters. The molecule has 0 aromatic heterocycles. The highest BCUT2D eigenvalue weighted by Gasteiger charge is 2.33. The Hall–Kier alpha value is -1.32. The largest absolute Gasteiger partial charge is 0.872 e. The zero-order valence-electron chi connectivity index (χ0n) is 11.3. The van der Waals surface area contributed by atoms with Crippen molar-refractivity contribution in [3.05, 3.63) is 59.7 Å². The monoisotopic (exact) mass is 300 g/mol. The number of hydrogen-bond donors (Lipinski definition) is 0. The molecule has 0 bridgehead atoms. The second-order valence-corrected chi connectivity index (χ2v) is 7.54. The summed E-state index contributed by atoms with van der Waals surface area (Å²) in [5.41, 5.74) is 0. The fourth-order valence-electron chi connectivity index (χ4n) is 2.23. The predicted molar refractivity (Wildman–Crippen MR) is 83.9 cm³/mol. The summed E-state index contributed by atoms with van der Waals surface area (Å²) in [5.74, 6) is 0.257. The first kappa shape index (κ1) is 13.7. The lowest BCUT2D eigenvalue weighted by atomic mass is 10.3. The summed E-state index contributed by atoms with van der Waals surface area (Å²) in [6, 6.07) is 16.8. The van der Waals surface area contributed by atoms with Crippen LogP contribution in [-0.4, -0.2) is 0 Å². The van der Waals surface area contributed by atoms with Crippen LogP contribution in [0.1, 0.15) is 19.8 Å². The SMILES string of the molecule is CCC/C([O-])=C/[S+]1c2ccccc2Sc2ccccc21. The van der Waals surface area contributed by atoms with E-state index < -0.39 is 0 Å². The number of fused-ring (bicyclic) bond motifs is 2. The molecule has 0 N–H and O–H groups in total. The van der Waals surface area contributed by atoms with E-state index in [2.05, 4.69) is 48.5 Å². The van der Waals surface area contributed by atoms with E-state index in [-0.39, 0.29) is 16.7 Å². The zero-order valence-corrected chi connectivity index (χ0v) is 13.0. The van der Waals surface area contributed by atoms with Crippen LogP contribution < -0.4 is 5.11 Å². The maximum atomic E-state index is 12.1. The molecule has 102 valence electrons. The molecule has 1 heterocycles. The van der Waals surface area contributed by atoms with Gasteiger partial charge in [0.2, 0.25) is 0 Å². The molecule has 0 radical (unpaired) electrons. The Morgan fingerprint density at radius 2 is 1.60 bits per heavy atom. The second kappa shape index (κ2) is 5.98. The molecule has 1 aliphatic heterocycles. The van der Waals surface area contributed by atoms with E-state index in [1.165, 1.54) is 19.6 Å². The molecule has 0 unspecified atom stereocenters. The first-order valence-corrected chi connectivity index (χ1v) is 8.86. The average Bonchev–Trinajstić information content (AvgIpc) is 2.47. The van der Waals surface area contributed by atoms with E-state index in [0.29, 0.717) is 6.42 Å². The van der Waals surface area contributed by atoms with Crippen LogP contribution in [0.15, 0.2) is 79.3 Å². The summed E-state index contributed by atoms with van der Waals surface area (Å²) in [6.07, 6.45) is 1.55. The molecule has 0 aliphatic carbocycles. The smallest absolute Gasteiger partial charge is 0.179 e. The molecule has 0 fully saturated rings. The van der Waals surface area contributed by atoms with Crippen LogP contribution in [0.25, 0.3) is 0 Å². The van der Waals surface area contributed by atoms with Crippen molar-refractivity contribution in [2.45, 2.75) is 39.3 Å². The zero-order chi connectivity index (χ0) is 13.9. The highest BCUT2D eigenvalue weighted by Crippen LogP contribution is 2.45. The van der Waals surface area contributed by atoms with Crippen molar-refractivity contribution >= 4 is 22.7 Å². The third kappa shape index (κ3) is 2.60. The van der Waals surface area contributed by atoms with Gasteiger partial charge < -0.3 is 5.11 Å². The first-order valence-electron chi connectivity index (χ1n) is 6.76. The van der Waals surface area contributed by atoms with Gasteiger partial charge in [-0.2, -0.15) is 0 Å². The average molecular weight is 300 g/mol. The van der Waals surface area contributed by atoms with Crippen LogP contribution in [0.5, 0.6) is 0 Å². The van der Waals surface area contributed by atoms with Crippen molar-refractivity contribution in [3.8, 4) is 0 Å². The van der Waals surface area contributed by atoms with Gasteiger partial charge in [-0.1, -0.05) is 55.1 Å². The molecule has 2 aromatic carbocycles. The maximum absolute atomic E-state index is 12.1. The Bertz CT molecular complexity index is 603. The third-order valence-electron chi connectivity index (χ3n) is 3.14. The van der Waals surface area contributed by atoms with E-state index in [0.717, 1.165) is 6.42 Å². The fraction of sp³-hybridized carbons (Fsp3) is 0.176. The van der Waals surface area contributed by atoms with Crippen molar-refractivity contribution in [3.63, 3.8) is 0 Å². The molecule has 20 heavy (non-hydrogen) atoms. The summed E-state index contributed by atoms with van der Waals surface area (Å²) in [5, 5.41) is 14.0. The Labute approximate surface area is 127 Å². The van der Waals surface area contributed by atoms with Gasteiger partial charge in [0.15, 0.2) is 9.79 Å². The molecule has 0 spiro atoms. The molecular formula is C17H16OS2. The van der Waals surface area contributed by atoms with Gasteiger partial charge in [0.05, 0.1) is 20.7 Å². The van der Waals surface area contributed by atoms with Gasteiger partial charge in [0, 0.05) is 0 Å². The predicted octanol–water partition coefficient (Wildman–Crippen LogP) is 4.19. The number of allylic oxidation sites excluding steroid dienone is 1. The Balaban J connectivity index is 2.10. The van der Waals surface area contributed by atoms with Gasteiger partial charge in [-0.05, 0) is 30.7 Å². The van der Waals surface area contributed by atoms with E-state index in [9.17, 15) is 5.11 Å². The molecule has 3 rings (SSSR count). The lowest BCUT2D eigenvalue weighted by Gasteiger charge is -2.18. The molecular weight excluding hydrogens is 284 g/mol. The quantitative estimate of drug-likeness (QED) is 0.626. The molecule has 3 heteroatoms. The Morgan fingerprint density at radius 1 is 1.05 bits per heavy atom. The van der Waals surface area contributed by atoms with Crippen molar-refractivity contribution in [1.29, 1.82) is 0 Å². The van der Waals surface area contributed by atoms with Crippen LogP contribution >= 0.6 is 11.8 Å². The van der Waals surface area contributed by atoms with E-state index in [1.54, 1.807) is 11.8 Å². The van der Waals surface area contributed by atoms with Gasteiger partial charge in [-0.25, -0.2) is 0 Å². The normalized spacial score (nSPS) is 14.8. The molecule has 1 aliphatic rings. The molecule has 0 saturated heterocycles. The van der Waals surface area contributed by atoms with Gasteiger partial charge in [-0.3, -0.25) is 0 Å². The molecule has 2 aromatic rings. The fourth-order valence-corrected chi connectivity index (χ4v) is 5.78. The standard InChI is InChI=1S/C17H16OS2/c1-2-7-13(18)12-20-16-10-5-3-8-14(16)19-15-9-4-6-11-17(15)20/h3-6,8-12H,2,7H2,1H3/b13-12-. The van der Waals surface area contributed by atoms with E-state index in [4.69, 9.17) is 0 Å². The minimum absolute atomic E-state index is 0.221. The second-order valence-electron chi connectivity index (χ2n) is 4.67. The van der Waals surface area contributed by atoms with Crippen molar-refractivity contribution < 1.29 is 5.11 Å². The van der Waals surface area contributed by atoms with Gasteiger partial charge in [-0.15, -0.1) is 0 Å². The van der Waals surface area contributed by atoms with Gasteiger partial charge >= 0.3 is 0 Å². The van der Waals surface area contributed by atoms with Gasteiger partial charge in [0.1, 0.15) is 5.41 Å². The maximum Gasteiger partial charge on any atom is 0.179 e. The van der Waals surface area contributed by atoms with Gasteiger partial charge in [0.25, 0.3) is 0 Å². The van der Waals surface area contributed by atoms with Crippen LogP contribution in [-0.2, 0) is 10.9 Å². The van der Waals surface area contributed by atoms with Crippen LogP contribution in [0.3, 0.4) is 0 Å². The molecule has 0 saturated carbocycles. The van der Waals surface area contributed by atoms with Crippen molar-refractivity contribution in [1.82, 2.24) is 0 Å². The minimum atomic E-state index is -0.221. The number of rotatable bonds is 3. The van der Waals surface area contributed by atoms with E-state index in [1.807, 2.05) is 12.3 Å². The van der Waals surface area contributed by atoms with Crippen LogP contribution in [0.2, 0.25) is 0 Å². The first-order chi connectivity index (χ1) is 9.79. The van der Waals surface area contributed by atoms with Crippen molar-refractivity contribution in [2.24, 2.45) is 0 Å².